The first kappa shape index (κ1) is 12.4. The van der Waals surface area contributed by atoms with Crippen molar-refractivity contribution in [2.45, 2.75) is 20.0 Å². The van der Waals surface area contributed by atoms with Crippen LogP contribution in [0.3, 0.4) is 0 Å². The summed E-state index contributed by atoms with van der Waals surface area (Å²) in [6.07, 6.45) is 0.117. The number of nitrogens with one attached hydrogen (secondary N) is 1. The molecule has 0 aliphatic carbocycles. The molecular formula is C14H21NO2. The minimum Gasteiger partial charge on any atom is -0.497 e. The molecule has 1 heterocycles. The zero-order valence-corrected chi connectivity index (χ0v) is 10.8. The van der Waals surface area contributed by atoms with Gasteiger partial charge < -0.3 is 14.8 Å². The van der Waals surface area contributed by atoms with Crippen LogP contribution in [0.2, 0.25) is 0 Å². The fourth-order valence-electron chi connectivity index (χ4n) is 2.03. The summed E-state index contributed by atoms with van der Waals surface area (Å²) in [5.41, 5.74) is 1.38. The maximum absolute atomic E-state index is 5.99. The molecule has 2 rings (SSSR count). The zero-order chi connectivity index (χ0) is 12.3. The number of methoxy groups -OCH3 is 1. The summed E-state index contributed by atoms with van der Waals surface area (Å²) in [6, 6.07) is 8.10. The molecule has 0 radical (unpaired) electrons. The van der Waals surface area contributed by atoms with Gasteiger partial charge in [0, 0.05) is 18.5 Å². The number of rotatable bonds is 2. The molecule has 1 aliphatic rings. The first-order valence-corrected chi connectivity index (χ1v) is 6.07. The number of ether oxygens (including phenoxy) is 2. The molecule has 1 aliphatic heterocycles. The Bertz CT molecular complexity index is 376. The van der Waals surface area contributed by atoms with Crippen LogP contribution in [0.25, 0.3) is 0 Å². The van der Waals surface area contributed by atoms with Gasteiger partial charge in [-0.15, -0.1) is 0 Å². The number of benzene rings is 1. The van der Waals surface area contributed by atoms with Crippen molar-refractivity contribution in [3.05, 3.63) is 29.8 Å². The van der Waals surface area contributed by atoms with Gasteiger partial charge in [-0.1, -0.05) is 26.0 Å². The lowest BCUT2D eigenvalue weighted by Crippen LogP contribution is -2.29. The van der Waals surface area contributed by atoms with Gasteiger partial charge in [0.05, 0.1) is 19.8 Å². The van der Waals surface area contributed by atoms with Crippen molar-refractivity contribution in [2.75, 3.05) is 26.8 Å². The second kappa shape index (κ2) is 5.07. The van der Waals surface area contributed by atoms with Gasteiger partial charge in [-0.25, -0.2) is 0 Å². The van der Waals surface area contributed by atoms with Crippen LogP contribution in [0.15, 0.2) is 24.3 Å². The van der Waals surface area contributed by atoms with Crippen molar-refractivity contribution in [2.24, 2.45) is 5.41 Å². The van der Waals surface area contributed by atoms with Crippen LogP contribution < -0.4 is 10.1 Å². The van der Waals surface area contributed by atoms with Crippen molar-refractivity contribution in [3.63, 3.8) is 0 Å². The summed E-state index contributed by atoms with van der Waals surface area (Å²) in [6.45, 7) is 7.06. The van der Waals surface area contributed by atoms with Crippen molar-refractivity contribution in [3.8, 4) is 5.75 Å². The van der Waals surface area contributed by atoms with E-state index in [0.29, 0.717) is 0 Å². The highest BCUT2D eigenvalue weighted by atomic mass is 16.5. The maximum Gasteiger partial charge on any atom is 0.119 e. The summed E-state index contributed by atoms with van der Waals surface area (Å²) in [5, 5.41) is 3.46. The third kappa shape index (κ3) is 3.20. The lowest BCUT2D eigenvalue weighted by Gasteiger charge is -2.21. The third-order valence-corrected chi connectivity index (χ3v) is 3.07. The average Bonchev–Trinajstić information content (AvgIpc) is 2.50. The SMILES string of the molecule is COc1cccc(C2CNCC(C)(C)CO2)c1. The Morgan fingerprint density at radius 1 is 1.41 bits per heavy atom. The zero-order valence-electron chi connectivity index (χ0n) is 10.8. The normalized spacial score (nSPS) is 24.1. The Kier molecular flexibility index (Phi) is 3.69. The second-order valence-electron chi connectivity index (χ2n) is 5.37. The van der Waals surface area contributed by atoms with E-state index in [4.69, 9.17) is 9.47 Å². The quantitative estimate of drug-likeness (QED) is 0.853. The van der Waals surface area contributed by atoms with E-state index < -0.39 is 0 Å². The van der Waals surface area contributed by atoms with E-state index in [1.165, 1.54) is 5.56 Å². The smallest absolute Gasteiger partial charge is 0.119 e. The molecular weight excluding hydrogens is 214 g/mol. The van der Waals surface area contributed by atoms with E-state index in [1.807, 2.05) is 18.2 Å². The average molecular weight is 235 g/mol. The number of hydrogen-bond donors (Lipinski definition) is 1. The second-order valence-corrected chi connectivity index (χ2v) is 5.37. The summed E-state index contributed by atoms with van der Waals surface area (Å²) < 4.78 is 11.2. The molecule has 1 aromatic carbocycles. The Labute approximate surface area is 103 Å². The fourth-order valence-corrected chi connectivity index (χ4v) is 2.03. The summed E-state index contributed by atoms with van der Waals surface area (Å²) in [4.78, 5) is 0. The van der Waals surface area contributed by atoms with Crippen LogP contribution in [-0.2, 0) is 4.74 Å². The highest BCUT2D eigenvalue weighted by Gasteiger charge is 2.25. The van der Waals surface area contributed by atoms with Crippen LogP contribution in [-0.4, -0.2) is 26.8 Å². The predicted octanol–water partition coefficient (Wildman–Crippen LogP) is 2.38. The predicted molar refractivity (Wildman–Crippen MR) is 68.3 cm³/mol. The molecule has 3 nitrogen and oxygen atoms in total. The standard InChI is InChI=1S/C14H21NO2/c1-14(2)9-15-8-13(17-10-14)11-5-4-6-12(7-11)16-3/h4-7,13,15H,8-10H2,1-3H3. The van der Waals surface area contributed by atoms with E-state index in [0.717, 1.165) is 25.4 Å². The minimum absolute atomic E-state index is 0.117. The van der Waals surface area contributed by atoms with Gasteiger partial charge in [-0.05, 0) is 17.7 Å². The molecule has 1 N–H and O–H groups in total. The molecule has 0 amide bonds. The van der Waals surface area contributed by atoms with Crippen molar-refractivity contribution in [1.82, 2.24) is 5.32 Å². The molecule has 17 heavy (non-hydrogen) atoms. The van der Waals surface area contributed by atoms with Crippen molar-refractivity contribution >= 4 is 0 Å². The monoisotopic (exact) mass is 235 g/mol. The fraction of sp³-hybridized carbons (Fsp3) is 0.571. The molecule has 0 aromatic heterocycles. The summed E-state index contributed by atoms with van der Waals surface area (Å²) >= 11 is 0. The molecule has 0 saturated carbocycles. The molecule has 3 heteroatoms. The number of hydrogen-bond acceptors (Lipinski definition) is 3. The molecule has 1 fully saturated rings. The van der Waals surface area contributed by atoms with Gasteiger partial charge in [-0.2, -0.15) is 0 Å². The first-order valence-electron chi connectivity index (χ1n) is 6.07. The van der Waals surface area contributed by atoms with Gasteiger partial charge in [0.1, 0.15) is 5.75 Å². The molecule has 0 bridgehead atoms. The lowest BCUT2D eigenvalue weighted by molar-refractivity contribution is 0.0259. The van der Waals surface area contributed by atoms with Gasteiger partial charge in [0.2, 0.25) is 0 Å². The Hall–Kier alpha value is -1.06. The molecule has 1 unspecified atom stereocenters. The summed E-state index contributed by atoms with van der Waals surface area (Å²) in [5.74, 6) is 0.884. The van der Waals surface area contributed by atoms with E-state index in [1.54, 1.807) is 7.11 Å². The molecule has 94 valence electrons. The van der Waals surface area contributed by atoms with E-state index >= 15 is 0 Å². The minimum atomic E-state index is 0.117. The first-order chi connectivity index (χ1) is 8.11. The third-order valence-electron chi connectivity index (χ3n) is 3.07. The van der Waals surface area contributed by atoms with Crippen LogP contribution in [0.5, 0.6) is 5.75 Å². The molecule has 1 aromatic rings. The van der Waals surface area contributed by atoms with Crippen LogP contribution >= 0.6 is 0 Å². The van der Waals surface area contributed by atoms with Crippen molar-refractivity contribution < 1.29 is 9.47 Å². The van der Waals surface area contributed by atoms with Crippen LogP contribution in [0, 0.1) is 5.41 Å². The largest absolute Gasteiger partial charge is 0.497 e. The lowest BCUT2D eigenvalue weighted by atomic mass is 9.95. The molecule has 1 saturated heterocycles. The molecule has 1 atom stereocenters. The van der Waals surface area contributed by atoms with Gasteiger partial charge in [0.15, 0.2) is 0 Å². The van der Waals surface area contributed by atoms with Gasteiger partial charge in [-0.3, -0.25) is 0 Å². The molecule has 0 spiro atoms. The van der Waals surface area contributed by atoms with Crippen LogP contribution in [0.1, 0.15) is 25.5 Å². The topological polar surface area (TPSA) is 30.5 Å². The van der Waals surface area contributed by atoms with E-state index in [2.05, 4.69) is 25.2 Å². The van der Waals surface area contributed by atoms with Crippen LogP contribution in [0.4, 0.5) is 0 Å². The Morgan fingerprint density at radius 2 is 2.24 bits per heavy atom. The van der Waals surface area contributed by atoms with Gasteiger partial charge in [0.25, 0.3) is 0 Å². The van der Waals surface area contributed by atoms with Gasteiger partial charge >= 0.3 is 0 Å². The Balaban J connectivity index is 2.11. The van der Waals surface area contributed by atoms with E-state index in [-0.39, 0.29) is 11.5 Å². The van der Waals surface area contributed by atoms with E-state index in [9.17, 15) is 0 Å². The van der Waals surface area contributed by atoms with Crippen molar-refractivity contribution in [1.29, 1.82) is 0 Å². The summed E-state index contributed by atoms with van der Waals surface area (Å²) in [7, 11) is 1.69. The Morgan fingerprint density at radius 3 is 3.00 bits per heavy atom. The highest BCUT2D eigenvalue weighted by molar-refractivity contribution is 5.30. The highest BCUT2D eigenvalue weighted by Crippen LogP contribution is 2.26. The maximum atomic E-state index is 5.99.